The molecule has 1 fully saturated rings. The topological polar surface area (TPSA) is 95.3 Å². The second kappa shape index (κ2) is 10.2. The quantitative estimate of drug-likeness (QED) is 0.356. The number of rotatable bonds is 8. The van der Waals surface area contributed by atoms with Gasteiger partial charge in [0.25, 0.3) is 0 Å². The fourth-order valence-electron chi connectivity index (χ4n) is 3.82. The first-order chi connectivity index (χ1) is 13.7. The molecule has 3 N–H and O–H groups in total. The third kappa shape index (κ3) is 5.09. The predicted octanol–water partition coefficient (Wildman–Crippen LogP) is 1.20. The second-order valence-electron chi connectivity index (χ2n) is 7.17. The summed E-state index contributed by atoms with van der Waals surface area (Å²) >= 11 is 0. The number of anilines is 1. The average molecular weight is 388 g/mol. The zero-order chi connectivity index (χ0) is 19.8. The molecule has 28 heavy (non-hydrogen) atoms. The van der Waals surface area contributed by atoms with Crippen LogP contribution in [0.15, 0.2) is 17.5 Å². The highest BCUT2D eigenvalue weighted by atomic mass is 15.3. The molecule has 1 saturated heterocycles. The molecule has 1 aliphatic rings. The number of aryl methyl sites for hydroxylation is 1. The first-order valence-corrected chi connectivity index (χ1v) is 10.3. The lowest BCUT2D eigenvalue weighted by Gasteiger charge is -2.35. The Kier molecular flexibility index (Phi) is 7.41. The van der Waals surface area contributed by atoms with Gasteiger partial charge in [-0.05, 0) is 25.8 Å². The van der Waals surface area contributed by atoms with Gasteiger partial charge >= 0.3 is 0 Å². The Labute approximate surface area is 167 Å². The molecule has 0 saturated carbocycles. The van der Waals surface area contributed by atoms with Crippen LogP contribution >= 0.6 is 0 Å². The summed E-state index contributed by atoms with van der Waals surface area (Å²) in [6.45, 7) is 6.96. The van der Waals surface area contributed by atoms with Crippen LogP contribution in [0.2, 0.25) is 0 Å². The van der Waals surface area contributed by atoms with Crippen molar-refractivity contribution in [3.63, 3.8) is 0 Å². The van der Waals surface area contributed by atoms with Crippen molar-refractivity contribution in [2.45, 2.75) is 38.6 Å². The van der Waals surface area contributed by atoms with Gasteiger partial charge in [-0.2, -0.15) is 5.10 Å². The Morgan fingerprint density at radius 1 is 1.21 bits per heavy atom. The highest BCUT2D eigenvalue weighted by Gasteiger charge is 2.19. The molecule has 1 atom stereocenters. The van der Waals surface area contributed by atoms with Crippen LogP contribution in [0.5, 0.6) is 0 Å². The van der Waals surface area contributed by atoms with Gasteiger partial charge in [0, 0.05) is 46.3 Å². The Bertz CT molecular complexity index is 770. The molecule has 2 aromatic rings. The molecule has 2 aromatic heterocycles. The first-order valence-electron chi connectivity index (χ1n) is 10.3. The molecular formula is C19H33N9. The fourth-order valence-corrected chi connectivity index (χ4v) is 3.82. The number of fused-ring (bicyclic) bond motifs is 1. The van der Waals surface area contributed by atoms with Crippen LogP contribution in [-0.4, -0.2) is 76.4 Å². The second-order valence-corrected chi connectivity index (χ2v) is 7.17. The van der Waals surface area contributed by atoms with E-state index in [0.717, 1.165) is 55.0 Å². The van der Waals surface area contributed by atoms with Crippen molar-refractivity contribution in [3.05, 3.63) is 12.5 Å². The molecule has 0 aromatic carbocycles. The number of nitrogens with zero attached hydrogens (tertiary/aromatic N) is 6. The van der Waals surface area contributed by atoms with Gasteiger partial charge in [-0.3, -0.25) is 14.6 Å². The van der Waals surface area contributed by atoms with Crippen molar-refractivity contribution in [1.29, 1.82) is 0 Å². The number of guanidine groups is 1. The molecule has 3 rings (SSSR count). The summed E-state index contributed by atoms with van der Waals surface area (Å²) in [6, 6.07) is 0.742. The molecule has 0 bridgehead atoms. The Balaban J connectivity index is 1.38. The lowest BCUT2D eigenvalue weighted by Crippen LogP contribution is -2.46. The highest BCUT2D eigenvalue weighted by Crippen LogP contribution is 2.18. The summed E-state index contributed by atoms with van der Waals surface area (Å²) in [5, 5.41) is 15.3. The summed E-state index contributed by atoms with van der Waals surface area (Å²) in [5.41, 5.74) is 0.825. The minimum atomic E-state index is 0.728. The van der Waals surface area contributed by atoms with Gasteiger partial charge in [0.15, 0.2) is 11.6 Å². The van der Waals surface area contributed by atoms with Gasteiger partial charge in [0.05, 0.1) is 11.6 Å². The fraction of sp³-hybridized carbons (Fsp3) is 0.684. The van der Waals surface area contributed by atoms with E-state index < -0.39 is 0 Å². The van der Waals surface area contributed by atoms with Crippen molar-refractivity contribution in [2.24, 2.45) is 12.0 Å². The van der Waals surface area contributed by atoms with Crippen LogP contribution in [0.3, 0.4) is 0 Å². The molecule has 154 valence electrons. The van der Waals surface area contributed by atoms with Crippen LogP contribution in [0, 0.1) is 0 Å². The van der Waals surface area contributed by atoms with Crippen molar-refractivity contribution in [3.8, 4) is 0 Å². The molecule has 9 nitrogen and oxygen atoms in total. The van der Waals surface area contributed by atoms with E-state index in [1.807, 2.05) is 14.1 Å². The van der Waals surface area contributed by atoms with E-state index in [4.69, 9.17) is 0 Å². The van der Waals surface area contributed by atoms with Crippen LogP contribution < -0.4 is 16.0 Å². The van der Waals surface area contributed by atoms with Gasteiger partial charge in [-0.1, -0.05) is 13.3 Å². The van der Waals surface area contributed by atoms with E-state index >= 15 is 0 Å². The van der Waals surface area contributed by atoms with Crippen molar-refractivity contribution in [2.75, 3.05) is 45.1 Å². The molecule has 1 aliphatic heterocycles. The van der Waals surface area contributed by atoms with Gasteiger partial charge < -0.3 is 16.0 Å². The van der Waals surface area contributed by atoms with Crippen molar-refractivity contribution in [1.82, 2.24) is 35.3 Å². The average Bonchev–Trinajstić information content (AvgIpc) is 3.11. The van der Waals surface area contributed by atoms with Crippen LogP contribution in [0.1, 0.15) is 32.6 Å². The monoisotopic (exact) mass is 387 g/mol. The zero-order valence-electron chi connectivity index (χ0n) is 17.3. The normalized spacial score (nSPS) is 18.4. The Hall–Kier alpha value is -2.42. The molecule has 1 unspecified atom stereocenters. The lowest BCUT2D eigenvalue weighted by molar-refractivity contribution is 0.147. The first kappa shape index (κ1) is 20.3. The van der Waals surface area contributed by atoms with Crippen LogP contribution in [0.25, 0.3) is 11.0 Å². The largest absolute Gasteiger partial charge is 0.368 e. The van der Waals surface area contributed by atoms with Crippen LogP contribution in [0.4, 0.5) is 5.82 Å². The summed E-state index contributed by atoms with van der Waals surface area (Å²) < 4.78 is 1.75. The van der Waals surface area contributed by atoms with E-state index in [-0.39, 0.29) is 0 Å². The third-order valence-electron chi connectivity index (χ3n) is 5.37. The maximum absolute atomic E-state index is 4.32. The molecule has 0 spiro atoms. The summed E-state index contributed by atoms with van der Waals surface area (Å²) in [5.74, 6) is 1.64. The lowest BCUT2D eigenvalue weighted by atomic mass is 10.0. The molecular weight excluding hydrogens is 354 g/mol. The summed E-state index contributed by atoms with van der Waals surface area (Å²) in [4.78, 5) is 15.5. The number of aromatic nitrogens is 4. The number of hydrogen-bond acceptors (Lipinski definition) is 6. The van der Waals surface area contributed by atoms with Crippen molar-refractivity contribution < 1.29 is 0 Å². The maximum Gasteiger partial charge on any atom is 0.191 e. The van der Waals surface area contributed by atoms with E-state index in [9.17, 15) is 0 Å². The minimum absolute atomic E-state index is 0.728. The Morgan fingerprint density at radius 2 is 2.07 bits per heavy atom. The SMILES string of the molecule is CCC1CCCCN1CCNC(=NC)NCCNc1ncnc2c1cnn2C. The van der Waals surface area contributed by atoms with Gasteiger partial charge in [0.2, 0.25) is 0 Å². The van der Waals surface area contributed by atoms with Crippen molar-refractivity contribution >= 4 is 22.8 Å². The minimum Gasteiger partial charge on any atom is -0.368 e. The van der Waals surface area contributed by atoms with E-state index in [0.29, 0.717) is 0 Å². The number of hydrogen-bond donors (Lipinski definition) is 3. The van der Waals surface area contributed by atoms with Gasteiger partial charge in [-0.15, -0.1) is 0 Å². The standard InChI is InChI=1S/C19H33N9/c1-4-15-7-5-6-11-28(15)12-10-23-19(20-2)22-9-8-21-17-16-13-26-27(3)18(16)25-14-24-17/h13-15H,4-12H2,1-3H3,(H2,20,22,23)(H,21,24,25). The maximum atomic E-state index is 4.32. The molecule has 3 heterocycles. The number of aliphatic imine (C=N–C) groups is 1. The third-order valence-corrected chi connectivity index (χ3v) is 5.37. The van der Waals surface area contributed by atoms with Gasteiger partial charge in [-0.25, -0.2) is 9.97 Å². The molecule has 0 aliphatic carbocycles. The predicted molar refractivity (Wildman–Crippen MR) is 114 cm³/mol. The van der Waals surface area contributed by atoms with Gasteiger partial charge in [0.1, 0.15) is 12.1 Å². The number of piperidine rings is 1. The number of likely N-dealkylation sites (tertiary alicyclic amines) is 1. The smallest absolute Gasteiger partial charge is 0.191 e. The van der Waals surface area contributed by atoms with E-state index in [1.54, 1.807) is 17.2 Å². The molecule has 9 heteroatoms. The zero-order valence-corrected chi connectivity index (χ0v) is 17.3. The van der Waals surface area contributed by atoms with E-state index in [2.05, 4.69) is 47.8 Å². The summed E-state index contributed by atoms with van der Waals surface area (Å²) in [6.07, 6.45) is 8.62. The molecule has 0 amide bonds. The molecule has 0 radical (unpaired) electrons. The number of nitrogens with one attached hydrogen (secondary N) is 3. The highest BCUT2D eigenvalue weighted by molar-refractivity contribution is 5.86. The van der Waals surface area contributed by atoms with Crippen LogP contribution in [-0.2, 0) is 7.05 Å². The Morgan fingerprint density at radius 3 is 2.89 bits per heavy atom. The summed E-state index contributed by atoms with van der Waals surface area (Å²) in [7, 11) is 3.69. The van der Waals surface area contributed by atoms with E-state index in [1.165, 1.54) is 32.2 Å².